The van der Waals surface area contributed by atoms with E-state index < -0.39 is 0 Å². The Morgan fingerprint density at radius 1 is 0.526 bits per heavy atom. The summed E-state index contributed by atoms with van der Waals surface area (Å²) in [6.45, 7) is 36.1. The lowest BCUT2D eigenvalue weighted by Gasteiger charge is -2.44. The Bertz CT molecular complexity index is 1110. The van der Waals surface area contributed by atoms with Crippen molar-refractivity contribution in [3.63, 3.8) is 0 Å². The van der Waals surface area contributed by atoms with Crippen LogP contribution in [0.5, 0.6) is 0 Å². The Labute approximate surface area is 359 Å². The van der Waals surface area contributed by atoms with E-state index in [0.717, 1.165) is 49.2 Å². The summed E-state index contributed by atoms with van der Waals surface area (Å²) in [5.74, 6) is 6.50. The average molecular weight is 789 g/mol. The van der Waals surface area contributed by atoms with Crippen LogP contribution in [0.3, 0.4) is 0 Å². The first-order chi connectivity index (χ1) is 26.8. The number of hydrogen-bond acceptors (Lipinski definition) is 1. The molecular weight excluding hydrogens is 689 g/mol. The fourth-order valence-electron chi connectivity index (χ4n) is 9.86. The fraction of sp³-hybridized carbons (Fsp3) is 0.786. The highest BCUT2D eigenvalue weighted by Gasteiger charge is 2.36. The molecule has 0 unspecified atom stereocenters. The van der Waals surface area contributed by atoms with E-state index in [1.165, 1.54) is 125 Å². The normalized spacial score (nSPS) is 22.8. The predicted octanol–water partition coefficient (Wildman–Crippen LogP) is 18.1. The molecule has 0 aromatic heterocycles. The van der Waals surface area contributed by atoms with Crippen LogP contribution in [0, 0.1) is 66.1 Å². The van der Waals surface area contributed by atoms with Crippen LogP contribution in [-0.2, 0) is 11.2 Å². The Morgan fingerprint density at radius 3 is 1.18 bits per heavy atom. The molecule has 57 heavy (non-hydrogen) atoms. The Kier molecular flexibility index (Phi) is 27.7. The number of hydrogen-bond donors (Lipinski definition) is 0. The van der Waals surface area contributed by atoms with Gasteiger partial charge in [0.15, 0.2) is 0 Å². The van der Waals surface area contributed by atoms with Crippen LogP contribution in [0.15, 0.2) is 48.5 Å². The third-order valence-corrected chi connectivity index (χ3v) is 12.5. The number of benzene rings is 2. The van der Waals surface area contributed by atoms with E-state index >= 15 is 0 Å². The summed E-state index contributed by atoms with van der Waals surface area (Å²) in [6, 6.07) is 17.5. The lowest BCUT2D eigenvalue weighted by Crippen LogP contribution is -2.32. The number of unbranched alkanes of at least 4 members (excludes halogenated alkanes) is 4. The highest BCUT2D eigenvalue weighted by atomic mass is 16.5. The molecule has 0 aliphatic heterocycles. The first-order valence-electron chi connectivity index (χ1n) is 24.5. The molecule has 1 nitrogen and oxygen atoms in total. The second-order valence-electron chi connectivity index (χ2n) is 22.0. The zero-order valence-electron chi connectivity index (χ0n) is 41.2. The quantitative estimate of drug-likeness (QED) is 0.195. The van der Waals surface area contributed by atoms with Gasteiger partial charge >= 0.3 is 0 Å². The molecule has 1 heteroatoms. The SMILES string of the molecule is CC(C)COCC(C)C.CC1CC(C)(C)CC(C)(C)C1.CC1CCC(CC2CCC(C)CC2)CC1.CCCCCCC.Cc1ccc(Cc2ccc(C)cc2)cc1. The number of ether oxygens (including phenoxy) is 1. The standard InChI is InChI=1S/C15H28.C15H16.C11H22.C8H18O.C7H16/c2*1-12-3-7-14(8-4-12)11-15-9-5-13(2)6-10-15;1-9-6-10(2,3)8-11(4,5)7-9;1-7(2)5-9-6-8(3)4;1-3-5-7-6-4-2/h12-15H,3-11H2,1-2H3;3-10H,11H2,1-2H3;9H,6-8H2,1-5H3;7-8H,5-6H2,1-4H3;3-7H2,1-2H3. The van der Waals surface area contributed by atoms with Crippen molar-refractivity contribution >= 4 is 0 Å². The van der Waals surface area contributed by atoms with Gasteiger partial charge in [0.25, 0.3) is 0 Å². The molecule has 3 aliphatic rings. The van der Waals surface area contributed by atoms with Crippen molar-refractivity contribution in [2.75, 3.05) is 13.2 Å². The third kappa shape index (κ3) is 28.5. The van der Waals surface area contributed by atoms with Crippen LogP contribution in [0.2, 0.25) is 0 Å². The first-order valence-corrected chi connectivity index (χ1v) is 24.5. The smallest absolute Gasteiger partial charge is 0.0489 e. The summed E-state index contributed by atoms with van der Waals surface area (Å²) in [7, 11) is 0. The second kappa shape index (κ2) is 29.6. The largest absolute Gasteiger partial charge is 0.381 e. The van der Waals surface area contributed by atoms with Crippen molar-refractivity contribution in [2.24, 2.45) is 52.3 Å². The van der Waals surface area contributed by atoms with E-state index in [9.17, 15) is 0 Å². The van der Waals surface area contributed by atoms with E-state index in [1.807, 2.05) is 0 Å². The van der Waals surface area contributed by atoms with Crippen LogP contribution < -0.4 is 0 Å². The lowest BCUT2D eigenvalue weighted by atomic mass is 9.62. The zero-order chi connectivity index (χ0) is 42.9. The molecule has 0 amide bonds. The Morgan fingerprint density at radius 2 is 0.877 bits per heavy atom. The molecule has 2 aromatic carbocycles. The molecule has 0 spiro atoms. The molecule has 0 radical (unpaired) electrons. The van der Waals surface area contributed by atoms with Gasteiger partial charge in [-0.05, 0) is 109 Å². The molecule has 0 heterocycles. The zero-order valence-corrected chi connectivity index (χ0v) is 41.2. The van der Waals surface area contributed by atoms with Crippen molar-refractivity contribution in [1.82, 2.24) is 0 Å². The summed E-state index contributed by atoms with van der Waals surface area (Å²) in [5.41, 5.74) is 6.57. The summed E-state index contributed by atoms with van der Waals surface area (Å²) >= 11 is 0. The van der Waals surface area contributed by atoms with Gasteiger partial charge in [0, 0.05) is 13.2 Å². The fourth-order valence-corrected chi connectivity index (χ4v) is 9.86. The van der Waals surface area contributed by atoms with Gasteiger partial charge in [0.2, 0.25) is 0 Å². The molecule has 3 aliphatic carbocycles. The van der Waals surface area contributed by atoms with Crippen LogP contribution in [0.1, 0.15) is 221 Å². The number of aryl methyl sites for hydroxylation is 2. The molecule has 0 bridgehead atoms. The molecule has 3 fully saturated rings. The number of rotatable bonds is 12. The maximum atomic E-state index is 5.36. The predicted molar refractivity (Wildman–Crippen MR) is 258 cm³/mol. The van der Waals surface area contributed by atoms with E-state index in [4.69, 9.17) is 4.74 Å². The maximum absolute atomic E-state index is 5.36. The first kappa shape index (κ1) is 53.4. The van der Waals surface area contributed by atoms with Gasteiger partial charge in [-0.3, -0.25) is 0 Å². The summed E-state index contributed by atoms with van der Waals surface area (Å²) in [4.78, 5) is 0. The van der Waals surface area contributed by atoms with Crippen molar-refractivity contribution in [2.45, 2.75) is 219 Å². The van der Waals surface area contributed by atoms with Crippen LogP contribution in [-0.4, -0.2) is 13.2 Å². The summed E-state index contributed by atoms with van der Waals surface area (Å²) in [6.07, 6.45) is 26.0. The van der Waals surface area contributed by atoms with Crippen LogP contribution in [0.4, 0.5) is 0 Å². The van der Waals surface area contributed by atoms with Crippen molar-refractivity contribution < 1.29 is 4.74 Å². The topological polar surface area (TPSA) is 9.23 Å². The van der Waals surface area contributed by atoms with Crippen molar-refractivity contribution in [3.05, 3.63) is 70.8 Å². The van der Waals surface area contributed by atoms with E-state index in [2.05, 4.69) is 152 Å². The molecule has 3 saturated carbocycles. The second-order valence-corrected chi connectivity index (χ2v) is 22.0. The molecule has 330 valence electrons. The third-order valence-electron chi connectivity index (χ3n) is 12.5. The summed E-state index contributed by atoms with van der Waals surface area (Å²) < 4.78 is 5.36. The van der Waals surface area contributed by atoms with Crippen molar-refractivity contribution in [1.29, 1.82) is 0 Å². The molecule has 0 atom stereocenters. The van der Waals surface area contributed by atoms with Gasteiger partial charge in [0.05, 0.1) is 0 Å². The highest BCUT2D eigenvalue weighted by Crippen LogP contribution is 2.48. The molecular formula is C56H100O. The van der Waals surface area contributed by atoms with Crippen LogP contribution in [0.25, 0.3) is 0 Å². The average Bonchev–Trinajstić information content (AvgIpc) is 3.12. The molecule has 0 saturated heterocycles. The van der Waals surface area contributed by atoms with Crippen LogP contribution >= 0.6 is 0 Å². The van der Waals surface area contributed by atoms with Gasteiger partial charge in [0.1, 0.15) is 0 Å². The van der Waals surface area contributed by atoms with Gasteiger partial charge < -0.3 is 4.74 Å². The minimum Gasteiger partial charge on any atom is -0.381 e. The summed E-state index contributed by atoms with van der Waals surface area (Å²) in [5, 5.41) is 0. The minimum atomic E-state index is 0.584. The monoisotopic (exact) mass is 789 g/mol. The minimum absolute atomic E-state index is 0.584. The van der Waals surface area contributed by atoms with E-state index in [0.29, 0.717) is 22.7 Å². The Balaban J connectivity index is 0.000000367. The molecule has 5 rings (SSSR count). The van der Waals surface area contributed by atoms with Gasteiger partial charge in [-0.2, -0.15) is 0 Å². The van der Waals surface area contributed by atoms with E-state index in [-0.39, 0.29) is 0 Å². The van der Waals surface area contributed by atoms with Gasteiger partial charge in [-0.25, -0.2) is 0 Å². The maximum Gasteiger partial charge on any atom is 0.0489 e. The van der Waals surface area contributed by atoms with E-state index in [1.54, 1.807) is 6.42 Å². The Hall–Kier alpha value is -1.60. The highest BCUT2D eigenvalue weighted by molar-refractivity contribution is 5.29. The van der Waals surface area contributed by atoms with Gasteiger partial charge in [-0.1, -0.05) is 233 Å². The molecule has 2 aromatic rings. The lowest BCUT2D eigenvalue weighted by molar-refractivity contribution is 0.0754. The molecule has 0 N–H and O–H groups in total. The van der Waals surface area contributed by atoms with Gasteiger partial charge in [-0.15, -0.1) is 0 Å². The van der Waals surface area contributed by atoms with Crippen molar-refractivity contribution in [3.8, 4) is 0 Å².